The molecule has 0 saturated carbocycles. The molecule has 0 bridgehead atoms. The molecule has 2 rings (SSSR count). The third kappa shape index (κ3) is 5.25. The molecule has 0 heterocycles. The summed E-state index contributed by atoms with van der Waals surface area (Å²) in [6.45, 7) is 0.0558. The van der Waals surface area contributed by atoms with Crippen molar-refractivity contribution in [1.29, 1.82) is 5.26 Å². The number of hydrogen-bond donors (Lipinski definition) is 2. The van der Waals surface area contributed by atoms with Gasteiger partial charge in [0.2, 0.25) is 0 Å². The fourth-order valence-electron chi connectivity index (χ4n) is 1.85. The van der Waals surface area contributed by atoms with E-state index in [0.717, 1.165) is 6.07 Å². The number of halogens is 3. The Kier molecular flexibility index (Phi) is 7.74. The average molecular weight is 461 g/mol. The van der Waals surface area contributed by atoms with E-state index in [4.69, 9.17) is 27.3 Å². The highest BCUT2D eigenvalue weighted by atomic mass is 127. The molecule has 8 heteroatoms. The minimum absolute atomic E-state index is 0. The van der Waals surface area contributed by atoms with Crippen LogP contribution in [0, 0.1) is 17.1 Å². The second-order valence-electron chi connectivity index (χ2n) is 4.59. The van der Waals surface area contributed by atoms with Gasteiger partial charge in [0.25, 0.3) is 0 Å². The molecule has 3 N–H and O–H groups in total. The molecule has 0 saturated heterocycles. The number of nitrogens with zero attached hydrogens (tertiary/aromatic N) is 2. The van der Waals surface area contributed by atoms with Crippen LogP contribution < -0.4 is 15.8 Å². The van der Waals surface area contributed by atoms with Crippen molar-refractivity contribution < 1.29 is 9.13 Å². The molecule has 2 aromatic rings. The highest BCUT2D eigenvalue weighted by Gasteiger charge is 2.05. The van der Waals surface area contributed by atoms with Crippen LogP contribution in [0.3, 0.4) is 0 Å². The standard InChI is InChI=1S/C16H14ClFN4O.HI/c1-23-15-5-4-12(7-13(15)17)22-16(20)21-9-11-3-2-10(8-19)6-14(11)18;/h2-7H,9H2,1H3,(H3,20,21,22);1H. The van der Waals surface area contributed by atoms with Gasteiger partial charge >= 0.3 is 0 Å². The number of guanidine groups is 1. The second-order valence-corrected chi connectivity index (χ2v) is 5.00. The van der Waals surface area contributed by atoms with Crippen LogP contribution in [0.15, 0.2) is 41.4 Å². The Balaban J connectivity index is 0.00000288. The maximum atomic E-state index is 13.7. The third-order valence-electron chi connectivity index (χ3n) is 3.03. The fourth-order valence-corrected chi connectivity index (χ4v) is 2.10. The number of rotatable bonds is 4. The molecular formula is C16H15ClFIN4O. The van der Waals surface area contributed by atoms with Crippen LogP contribution in [0.4, 0.5) is 10.1 Å². The van der Waals surface area contributed by atoms with Crippen LogP contribution in [0.2, 0.25) is 5.02 Å². The monoisotopic (exact) mass is 460 g/mol. The molecule has 0 aliphatic heterocycles. The third-order valence-corrected chi connectivity index (χ3v) is 3.32. The number of nitrogens with two attached hydrogens (primary N) is 1. The number of aliphatic imine (C=N–C) groups is 1. The summed E-state index contributed by atoms with van der Waals surface area (Å²) in [5.74, 6) is 0.176. The molecule has 126 valence electrons. The lowest BCUT2D eigenvalue weighted by Crippen LogP contribution is -2.22. The summed E-state index contributed by atoms with van der Waals surface area (Å²) in [6, 6.07) is 11.1. The van der Waals surface area contributed by atoms with Crippen LogP contribution in [0.1, 0.15) is 11.1 Å². The Morgan fingerprint density at radius 3 is 2.71 bits per heavy atom. The topological polar surface area (TPSA) is 83.4 Å². The number of nitriles is 1. The van der Waals surface area contributed by atoms with E-state index < -0.39 is 5.82 Å². The molecule has 0 aliphatic carbocycles. The van der Waals surface area contributed by atoms with Crippen molar-refractivity contribution in [2.45, 2.75) is 6.54 Å². The van der Waals surface area contributed by atoms with Crippen molar-refractivity contribution in [3.05, 3.63) is 58.4 Å². The summed E-state index contributed by atoms with van der Waals surface area (Å²) in [5, 5.41) is 12.0. The lowest BCUT2D eigenvalue weighted by Gasteiger charge is -2.08. The molecule has 0 amide bonds. The maximum Gasteiger partial charge on any atom is 0.193 e. The first-order valence-corrected chi connectivity index (χ1v) is 7.00. The molecule has 0 unspecified atom stereocenters. The summed E-state index contributed by atoms with van der Waals surface area (Å²) in [4.78, 5) is 4.06. The van der Waals surface area contributed by atoms with Crippen LogP contribution in [-0.2, 0) is 6.54 Å². The molecule has 2 aromatic carbocycles. The molecule has 0 spiro atoms. The quantitative estimate of drug-likeness (QED) is 0.412. The number of methoxy groups -OCH3 is 1. The van der Waals surface area contributed by atoms with Crippen molar-refractivity contribution in [2.75, 3.05) is 12.4 Å². The van der Waals surface area contributed by atoms with Gasteiger partial charge in [0.05, 0.1) is 30.3 Å². The first-order chi connectivity index (χ1) is 11.0. The van der Waals surface area contributed by atoms with Gasteiger partial charge in [-0.25, -0.2) is 9.38 Å². The van der Waals surface area contributed by atoms with E-state index >= 15 is 0 Å². The Morgan fingerprint density at radius 2 is 2.12 bits per heavy atom. The fraction of sp³-hybridized carbons (Fsp3) is 0.125. The molecule has 0 fully saturated rings. The zero-order chi connectivity index (χ0) is 16.8. The molecule has 0 atom stereocenters. The summed E-state index contributed by atoms with van der Waals surface area (Å²) in [7, 11) is 1.52. The van der Waals surface area contributed by atoms with Crippen molar-refractivity contribution in [1.82, 2.24) is 0 Å². The van der Waals surface area contributed by atoms with Gasteiger partial charge in [0.1, 0.15) is 11.6 Å². The SMILES string of the molecule is COc1ccc(NC(N)=NCc2ccc(C#N)cc2F)cc1Cl.I. The number of nitrogens with one attached hydrogen (secondary N) is 1. The van der Waals surface area contributed by atoms with E-state index in [1.54, 1.807) is 18.2 Å². The van der Waals surface area contributed by atoms with E-state index in [1.807, 2.05) is 6.07 Å². The van der Waals surface area contributed by atoms with Gasteiger partial charge in [-0.1, -0.05) is 17.7 Å². The molecule has 0 aliphatic rings. The van der Waals surface area contributed by atoms with Crippen LogP contribution in [0.25, 0.3) is 0 Å². The number of hydrogen-bond acceptors (Lipinski definition) is 3. The Hall–Kier alpha value is -2.05. The zero-order valence-corrected chi connectivity index (χ0v) is 15.8. The van der Waals surface area contributed by atoms with E-state index in [9.17, 15) is 4.39 Å². The normalized spacial score (nSPS) is 10.5. The summed E-state index contributed by atoms with van der Waals surface area (Å²) < 4.78 is 18.8. The highest BCUT2D eigenvalue weighted by Crippen LogP contribution is 2.27. The van der Waals surface area contributed by atoms with Crippen LogP contribution >= 0.6 is 35.6 Å². The smallest absolute Gasteiger partial charge is 0.193 e. The minimum Gasteiger partial charge on any atom is -0.495 e. The largest absolute Gasteiger partial charge is 0.495 e. The summed E-state index contributed by atoms with van der Waals surface area (Å²) in [6.07, 6.45) is 0. The van der Waals surface area contributed by atoms with Crippen molar-refractivity contribution in [2.24, 2.45) is 10.7 Å². The van der Waals surface area contributed by atoms with E-state index in [-0.39, 0.29) is 42.0 Å². The van der Waals surface area contributed by atoms with Gasteiger partial charge in [-0.15, -0.1) is 24.0 Å². The van der Waals surface area contributed by atoms with E-state index in [1.165, 1.54) is 19.2 Å². The molecule has 24 heavy (non-hydrogen) atoms. The lowest BCUT2D eigenvalue weighted by molar-refractivity contribution is 0.415. The molecule has 0 radical (unpaired) electrons. The van der Waals surface area contributed by atoms with Gasteiger partial charge in [0, 0.05) is 11.3 Å². The minimum atomic E-state index is -0.493. The first kappa shape index (κ1) is 20.0. The molecular weight excluding hydrogens is 446 g/mol. The van der Waals surface area contributed by atoms with Crippen molar-refractivity contribution in [3.8, 4) is 11.8 Å². The second kappa shape index (κ2) is 9.30. The average Bonchev–Trinajstić information content (AvgIpc) is 2.53. The molecule has 0 aromatic heterocycles. The van der Waals surface area contributed by atoms with Gasteiger partial charge in [-0.2, -0.15) is 5.26 Å². The van der Waals surface area contributed by atoms with Gasteiger partial charge < -0.3 is 15.8 Å². The lowest BCUT2D eigenvalue weighted by atomic mass is 10.1. The van der Waals surface area contributed by atoms with Gasteiger partial charge in [0.15, 0.2) is 5.96 Å². The maximum absolute atomic E-state index is 13.7. The van der Waals surface area contributed by atoms with Gasteiger partial charge in [-0.05, 0) is 30.3 Å². The van der Waals surface area contributed by atoms with E-state index in [0.29, 0.717) is 22.0 Å². The Labute approximate surface area is 161 Å². The van der Waals surface area contributed by atoms with E-state index in [2.05, 4.69) is 10.3 Å². The number of anilines is 1. The predicted octanol–water partition coefficient (Wildman–Crippen LogP) is 3.90. The van der Waals surface area contributed by atoms with Crippen LogP contribution in [0.5, 0.6) is 5.75 Å². The van der Waals surface area contributed by atoms with Crippen molar-refractivity contribution in [3.63, 3.8) is 0 Å². The highest BCUT2D eigenvalue weighted by molar-refractivity contribution is 14.0. The van der Waals surface area contributed by atoms with Gasteiger partial charge in [-0.3, -0.25) is 0 Å². The van der Waals surface area contributed by atoms with Crippen LogP contribution in [-0.4, -0.2) is 13.1 Å². The summed E-state index contributed by atoms with van der Waals surface area (Å²) >= 11 is 6.01. The number of ether oxygens (including phenoxy) is 1. The zero-order valence-electron chi connectivity index (χ0n) is 12.7. The molecule has 5 nitrogen and oxygen atoms in total. The first-order valence-electron chi connectivity index (χ1n) is 6.62. The summed E-state index contributed by atoms with van der Waals surface area (Å²) in [5.41, 5.74) is 7.01. The van der Waals surface area contributed by atoms with Crippen molar-refractivity contribution >= 4 is 47.2 Å². The predicted molar refractivity (Wildman–Crippen MR) is 103 cm³/mol. The Morgan fingerprint density at radius 1 is 1.38 bits per heavy atom. The Bertz CT molecular complexity index is 792. The number of benzene rings is 2.